The highest BCUT2D eigenvalue weighted by Crippen LogP contribution is 2.20. The van der Waals surface area contributed by atoms with Gasteiger partial charge in [-0.15, -0.1) is 5.10 Å². The van der Waals surface area contributed by atoms with Crippen LogP contribution in [0.2, 0.25) is 0 Å². The summed E-state index contributed by atoms with van der Waals surface area (Å²) in [6, 6.07) is 9.14. The van der Waals surface area contributed by atoms with Crippen molar-refractivity contribution >= 4 is 29.9 Å². The molecule has 2 aromatic rings. The number of urea groups is 1. The van der Waals surface area contributed by atoms with E-state index < -0.39 is 24.1 Å². The normalized spacial score (nSPS) is 18.6. The molecule has 2 aliphatic heterocycles. The number of guanidine groups is 1. The van der Waals surface area contributed by atoms with Gasteiger partial charge >= 0.3 is 12.0 Å². The summed E-state index contributed by atoms with van der Waals surface area (Å²) in [7, 11) is 4.53. The highest BCUT2D eigenvalue weighted by Gasteiger charge is 2.51. The van der Waals surface area contributed by atoms with Crippen molar-refractivity contribution in [3.63, 3.8) is 0 Å². The number of amidine groups is 1. The molecule has 0 saturated carbocycles. The summed E-state index contributed by atoms with van der Waals surface area (Å²) in [4.78, 5) is 36.1. The van der Waals surface area contributed by atoms with Crippen LogP contribution in [0.25, 0.3) is 0 Å². The zero-order valence-corrected chi connectivity index (χ0v) is 19.5. The van der Waals surface area contributed by atoms with Gasteiger partial charge in [-0.1, -0.05) is 4.99 Å². The van der Waals surface area contributed by atoms with Crippen molar-refractivity contribution in [2.45, 2.75) is 12.1 Å². The molecule has 2 N–H and O–H groups in total. The Labute approximate surface area is 201 Å². The molecule has 0 radical (unpaired) electrons. The lowest BCUT2D eigenvalue weighted by molar-refractivity contribution is -0.545. The first-order valence-electron chi connectivity index (χ1n) is 10.8. The average Bonchev–Trinajstić information content (AvgIpc) is 3.24. The van der Waals surface area contributed by atoms with E-state index in [0.29, 0.717) is 11.5 Å². The van der Waals surface area contributed by atoms with E-state index in [1.807, 2.05) is 0 Å². The number of aliphatic hydroxyl groups is 1. The fraction of sp³-hybridized carbons (Fsp3) is 0.304. The van der Waals surface area contributed by atoms with Crippen molar-refractivity contribution in [1.82, 2.24) is 20.2 Å². The lowest BCUT2D eigenvalue weighted by Crippen LogP contribution is -2.62. The van der Waals surface area contributed by atoms with Gasteiger partial charge in [0.05, 0.1) is 19.9 Å². The molecule has 0 spiro atoms. The number of fused-ring (bicyclic) bond motifs is 1. The van der Waals surface area contributed by atoms with E-state index in [1.165, 1.54) is 11.9 Å². The van der Waals surface area contributed by atoms with Gasteiger partial charge in [0, 0.05) is 26.5 Å². The maximum absolute atomic E-state index is 13.0. The molecule has 0 aliphatic carbocycles. The number of hydrogen-bond donors (Lipinski definition) is 2. The number of nitrogens with one attached hydrogen (secondary N) is 1. The van der Waals surface area contributed by atoms with Gasteiger partial charge < -0.3 is 14.6 Å². The third-order valence-corrected chi connectivity index (χ3v) is 5.52. The van der Waals surface area contributed by atoms with Crippen LogP contribution in [0.15, 0.2) is 58.9 Å². The summed E-state index contributed by atoms with van der Waals surface area (Å²) in [5, 5.41) is 14.9. The van der Waals surface area contributed by atoms with Gasteiger partial charge in [0.15, 0.2) is 0 Å². The largest absolute Gasteiger partial charge is 0.497 e. The molecule has 1 aromatic heterocycles. The fourth-order valence-electron chi connectivity index (χ4n) is 3.64. The number of benzene rings is 1. The summed E-state index contributed by atoms with van der Waals surface area (Å²) in [5.74, 6) is 1.28. The minimum Gasteiger partial charge on any atom is -0.497 e. The molecule has 2 atom stereocenters. The van der Waals surface area contributed by atoms with Crippen LogP contribution in [0.3, 0.4) is 0 Å². The molecule has 182 valence electrons. The number of β-amino-alcohol motifs (C(OH)–C–C–N with tert-alkyl or cyclic N) is 1. The number of carbonyl (C=O) groups is 2. The zero-order chi connectivity index (χ0) is 24.9. The predicted molar refractivity (Wildman–Crippen MR) is 127 cm³/mol. The number of nitrogens with zero attached hydrogens (tertiary/aromatic N) is 6. The zero-order valence-electron chi connectivity index (χ0n) is 19.5. The first-order valence-corrected chi connectivity index (χ1v) is 10.8. The highest BCUT2D eigenvalue weighted by molar-refractivity contribution is 6.22. The van der Waals surface area contributed by atoms with Crippen molar-refractivity contribution in [2.75, 3.05) is 34.4 Å². The van der Waals surface area contributed by atoms with Crippen molar-refractivity contribution in [3.8, 4) is 11.5 Å². The highest BCUT2D eigenvalue weighted by atomic mass is 16.5. The molecule has 12 nitrogen and oxygen atoms in total. The number of imide groups is 1. The second kappa shape index (κ2) is 10.3. The number of carbonyl (C=O) groups excluding carboxylic acids is 2. The SMILES string of the molecule is COc1ccc(OCC(O)C[N+]2=C(N/N=C\c3ccncc3)N=C3C2C(=O)N(C)C(=O)N3C)cc1. The molecule has 2 unspecified atom stereocenters. The van der Waals surface area contributed by atoms with Gasteiger partial charge in [0.1, 0.15) is 24.2 Å². The predicted octanol–water partition coefficient (Wildman–Crippen LogP) is 0.127. The Balaban J connectivity index is 1.53. The maximum Gasteiger partial charge on any atom is 0.414 e. The molecule has 0 bridgehead atoms. The van der Waals surface area contributed by atoms with E-state index in [0.717, 1.165) is 10.5 Å². The molecular formula is C23H26N7O5+. The van der Waals surface area contributed by atoms with E-state index in [-0.39, 0.29) is 24.9 Å². The Morgan fingerprint density at radius 2 is 1.83 bits per heavy atom. The maximum atomic E-state index is 13.0. The van der Waals surface area contributed by atoms with Crippen LogP contribution in [0.5, 0.6) is 11.5 Å². The van der Waals surface area contributed by atoms with Gasteiger partial charge in [0.2, 0.25) is 11.9 Å². The molecule has 12 heteroatoms. The Hall–Kier alpha value is -4.32. The van der Waals surface area contributed by atoms with Gasteiger partial charge in [-0.3, -0.25) is 19.6 Å². The first kappa shape index (κ1) is 23.8. The van der Waals surface area contributed by atoms with Gasteiger partial charge in [-0.25, -0.2) is 9.37 Å². The van der Waals surface area contributed by atoms with Gasteiger partial charge in [0.25, 0.3) is 5.91 Å². The third-order valence-electron chi connectivity index (χ3n) is 5.52. The molecular weight excluding hydrogens is 454 g/mol. The summed E-state index contributed by atoms with van der Waals surface area (Å²) < 4.78 is 12.4. The van der Waals surface area contributed by atoms with Crippen molar-refractivity contribution in [3.05, 3.63) is 54.4 Å². The van der Waals surface area contributed by atoms with E-state index in [1.54, 1.807) is 73.7 Å². The number of hydrazone groups is 1. The van der Waals surface area contributed by atoms with Crippen LogP contribution in [0, 0.1) is 0 Å². The number of hydrogen-bond acceptors (Lipinski definition) is 9. The summed E-state index contributed by atoms with van der Waals surface area (Å²) in [6.07, 6.45) is 3.87. The number of aliphatic hydroxyl groups excluding tert-OH is 1. The lowest BCUT2D eigenvalue weighted by Gasteiger charge is -2.32. The third kappa shape index (κ3) is 5.11. The van der Waals surface area contributed by atoms with Crippen molar-refractivity contribution in [1.29, 1.82) is 0 Å². The van der Waals surface area contributed by atoms with Crippen LogP contribution < -0.4 is 14.9 Å². The Kier molecular flexibility index (Phi) is 7.01. The number of aromatic nitrogens is 1. The fourth-order valence-corrected chi connectivity index (χ4v) is 3.64. The lowest BCUT2D eigenvalue weighted by atomic mass is 10.1. The number of rotatable bonds is 8. The Morgan fingerprint density at radius 1 is 1.14 bits per heavy atom. The van der Waals surface area contributed by atoms with Crippen LogP contribution in [0.4, 0.5) is 4.79 Å². The molecule has 1 saturated heterocycles. The molecule has 3 heterocycles. The molecule has 1 fully saturated rings. The molecule has 1 aromatic carbocycles. The first-order chi connectivity index (χ1) is 16.9. The molecule has 4 rings (SSSR count). The van der Waals surface area contributed by atoms with Crippen molar-refractivity contribution < 1.29 is 28.7 Å². The second-order valence-electron chi connectivity index (χ2n) is 7.88. The minimum absolute atomic E-state index is 0.00252. The number of likely N-dealkylation sites (N-methyl/N-ethyl adjacent to an activating group) is 2. The minimum atomic E-state index is -0.978. The Bertz CT molecular complexity index is 1180. The Morgan fingerprint density at radius 3 is 2.51 bits per heavy atom. The van der Waals surface area contributed by atoms with Crippen LogP contribution in [0.1, 0.15) is 5.56 Å². The summed E-state index contributed by atoms with van der Waals surface area (Å²) >= 11 is 0. The smallest absolute Gasteiger partial charge is 0.414 e. The van der Waals surface area contributed by atoms with Crippen LogP contribution in [-0.2, 0) is 4.79 Å². The monoisotopic (exact) mass is 480 g/mol. The number of amides is 3. The van der Waals surface area contributed by atoms with Crippen LogP contribution in [-0.4, -0.2) is 101 Å². The molecule has 3 amide bonds. The number of ether oxygens (including phenoxy) is 2. The quantitative estimate of drug-likeness (QED) is 0.312. The van der Waals surface area contributed by atoms with Crippen molar-refractivity contribution in [2.24, 2.45) is 10.1 Å². The average molecular weight is 481 g/mol. The number of pyridine rings is 1. The van der Waals surface area contributed by atoms with E-state index in [2.05, 4.69) is 20.5 Å². The number of methoxy groups -OCH3 is 1. The van der Waals surface area contributed by atoms with E-state index in [4.69, 9.17) is 9.47 Å². The topological polar surface area (TPSA) is 132 Å². The standard InChI is InChI=1S/C23H25N7O5/c1-28-20-19(21(32)29(2)23(28)33)30(22(26-20)27-25-12-15-8-10-24-11-9-15)13-16(31)14-35-18-6-4-17(34-3)5-7-18/h4-12,16,19,31H,13-14H2,1-3H3/p+1/b25-12-. The van der Waals surface area contributed by atoms with Crippen LogP contribution >= 0.6 is 0 Å². The molecule has 2 aliphatic rings. The summed E-state index contributed by atoms with van der Waals surface area (Å²) in [5.41, 5.74) is 3.63. The van der Waals surface area contributed by atoms with E-state index >= 15 is 0 Å². The van der Waals surface area contributed by atoms with E-state index in [9.17, 15) is 14.7 Å². The summed E-state index contributed by atoms with van der Waals surface area (Å²) in [6.45, 7) is -0.0280. The molecule has 35 heavy (non-hydrogen) atoms. The van der Waals surface area contributed by atoms with Gasteiger partial charge in [-0.05, 0) is 42.0 Å². The van der Waals surface area contributed by atoms with Gasteiger partial charge in [-0.2, -0.15) is 5.43 Å². The second-order valence-corrected chi connectivity index (χ2v) is 7.88. The number of aliphatic imine (C=N–C) groups is 1.